The first kappa shape index (κ1) is 42.9. The number of aromatic nitrogens is 6. The molecule has 0 spiro atoms. The van der Waals surface area contributed by atoms with E-state index in [4.69, 9.17) is 30.2 Å². The summed E-state index contributed by atoms with van der Waals surface area (Å²) in [5.41, 5.74) is 8.66. The predicted molar refractivity (Wildman–Crippen MR) is 191 cm³/mol. The second-order valence-electron chi connectivity index (χ2n) is 12.8. The Kier molecular flexibility index (Phi) is 13.8. The van der Waals surface area contributed by atoms with Gasteiger partial charge in [0.05, 0.1) is 19.5 Å². The van der Waals surface area contributed by atoms with Gasteiger partial charge in [-0.05, 0) is 18.9 Å². The van der Waals surface area contributed by atoms with Crippen LogP contribution in [-0.4, -0.2) is 133 Å². The molecule has 0 aromatic carbocycles. The van der Waals surface area contributed by atoms with Crippen LogP contribution in [0.25, 0.3) is 11.2 Å². The Morgan fingerprint density at radius 1 is 1.04 bits per heavy atom. The molecule has 2 aliphatic rings. The Labute approximate surface area is 317 Å². The minimum Gasteiger partial charge on any atom is -0.455 e. The molecule has 0 saturated carbocycles. The third kappa shape index (κ3) is 9.84. The summed E-state index contributed by atoms with van der Waals surface area (Å²) < 4.78 is 54.8. The van der Waals surface area contributed by atoms with Gasteiger partial charge in [-0.3, -0.25) is 27.8 Å². The van der Waals surface area contributed by atoms with Gasteiger partial charge in [0.25, 0.3) is 0 Å². The van der Waals surface area contributed by atoms with E-state index < -0.39 is 95.5 Å². The number of aliphatic hydroxyl groups excluding tert-OH is 2. The monoisotopic (exact) mass is 831 g/mol. The van der Waals surface area contributed by atoms with Crippen LogP contribution in [0.15, 0.2) is 42.4 Å². The summed E-state index contributed by atoms with van der Waals surface area (Å²) in [7, 11) is -10.4. The fraction of sp³-hybridized carbons (Fsp3) is 0.567. The number of amides is 1. The number of hydrogen-bond acceptors (Lipinski definition) is 18. The zero-order chi connectivity index (χ0) is 40.9. The van der Waals surface area contributed by atoms with Gasteiger partial charge in [-0.2, -0.15) is 4.98 Å². The lowest BCUT2D eigenvalue weighted by atomic mass is 10.1. The van der Waals surface area contributed by atoms with E-state index in [1.165, 1.54) is 21.9 Å². The molecule has 5 rings (SSSR count). The minimum absolute atomic E-state index is 0.00329. The number of esters is 1. The third-order valence-corrected chi connectivity index (χ3v) is 11.3. The van der Waals surface area contributed by atoms with Crippen LogP contribution >= 0.6 is 15.4 Å². The number of fused-ring (bicyclic) bond motifs is 1. The number of allylic oxidation sites excluding steroid dienone is 1. The predicted octanol–water partition coefficient (Wildman–Crippen LogP) is -1.05. The van der Waals surface area contributed by atoms with Crippen LogP contribution < -0.4 is 17.2 Å². The summed E-state index contributed by atoms with van der Waals surface area (Å²) in [5.74, 6) is -1.49. The second kappa shape index (κ2) is 17.9. The summed E-state index contributed by atoms with van der Waals surface area (Å²) >= 11 is 0. The van der Waals surface area contributed by atoms with Gasteiger partial charge in [-0.1, -0.05) is 19.4 Å². The molecule has 9 atom stereocenters. The number of carbonyl (C=O) groups excluding carboxylic acids is 2. The van der Waals surface area contributed by atoms with E-state index in [1.54, 1.807) is 6.08 Å². The number of rotatable bonds is 18. The molecule has 0 radical (unpaired) electrons. The van der Waals surface area contributed by atoms with Crippen LogP contribution in [0.2, 0.25) is 0 Å². The Morgan fingerprint density at radius 2 is 1.73 bits per heavy atom. The molecular weight excluding hydrogens is 788 g/mol. The highest BCUT2D eigenvalue weighted by molar-refractivity contribution is 7.53. The van der Waals surface area contributed by atoms with Crippen molar-refractivity contribution in [2.24, 2.45) is 0 Å². The summed E-state index contributed by atoms with van der Waals surface area (Å²) in [6.07, 6.45) is -5.09. The summed E-state index contributed by atoms with van der Waals surface area (Å²) in [4.78, 5) is 85.8. The second-order valence-corrected chi connectivity index (χ2v) is 16.0. The number of nitrogen functional groups attached to an aromatic ring is 2. The molecule has 9 N–H and O–H groups in total. The van der Waals surface area contributed by atoms with Crippen molar-refractivity contribution in [3.63, 3.8) is 0 Å². The van der Waals surface area contributed by atoms with Gasteiger partial charge < -0.3 is 60.0 Å². The van der Waals surface area contributed by atoms with E-state index in [1.807, 2.05) is 6.92 Å². The minimum atomic E-state index is -5.22. The van der Waals surface area contributed by atoms with Crippen LogP contribution in [0, 0.1) is 0 Å². The number of carbonyl (C=O) groups is 2. The van der Waals surface area contributed by atoms with Crippen molar-refractivity contribution in [3.05, 3.63) is 48.1 Å². The first-order valence-electron chi connectivity index (χ1n) is 17.2. The average molecular weight is 832 g/mol. The number of phosphoric ester groups is 1. The standard InChI is InChI=1S/C30H43N9O15P2/c1-3-5-7-19(40)37(9-6-4-2)11-20(41)54-24-16(52-28(22(24)42)39-15-35-21-26(32)33-14-34-27(21)39)12-50-55(45,46)25-17(13-51-56(47,48)49)53-29(23(25)43)38-10-8-18(31)36-30(38)44/h3,8,10,14-17,22-25,28-29,42-43H,1,4-7,9,11-13H2,2H3,(H,45,46)(H2,31,36,44)(H2,32,33,34)(H2,47,48,49)/t16-,17-,22-,23-,24-,25-,28-,29-/m1/s1. The number of aliphatic hydroxyl groups is 2. The molecule has 56 heavy (non-hydrogen) atoms. The third-order valence-electron chi connectivity index (χ3n) is 8.93. The fourth-order valence-corrected chi connectivity index (χ4v) is 8.19. The van der Waals surface area contributed by atoms with Crippen molar-refractivity contribution >= 4 is 50.1 Å². The van der Waals surface area contributed by atoms with E-state index in [0.717, 1.165) is 17.1 Å². The number of nitrogens with two attached hydrogens (primary N) is 2. The van der Waals surface area contributed by atoms with Gasteiger partial charge in [0.1, 0.15) is 54.3 Å². The molecule has 308 valence electrons. The molecule has 0 bridgehead atoms. The zero-order valence-electron chi connectivity index (χ0n) is 29.9. The van der Waals surface area contributed by atoms with Crippen LogP contribution in [0.1, 0.15) is 45.1 Å². The lowest BCUT2D eigenvalue weighted by Crippen LogP contribution is -2.43. The normalized spacial score (nSPS) is 26.2. The number of imidazole rings is 1. The average Bonchev–Trinajstić information content (AvgIpc) is 3.80. The maximum absolute atomic E-state index is 14.0. The lowest BCUT2D eigenvalue weighted by Gasteiger charge is -2.27. The molecule has 24 nitrogen and oxygen atoms in total. The van der Waals surface area contributed by atoms with Crippen LogP contribution in [0.4, 0.5) is 11.6 Å². The van der Waals surface area contributed by atoms with Crippen LogP contribution in [0.5, 0.6) is 0 Å². The molecule has 2 saturated heterocycles. The summed E-state index contributed by atoms with van der Waals surface area (Å²) in [5, 5.41) is 22.8. The quantitative estimate of drug-likeness (QED) is 0.0457. The molecule has 2 aliphatic heterocycles. The van der Waals surface area contributed by atoms with Crippen molar-refractivity contribution in [2.45, 2.75) is 81.2 Å². The lowest BCUT2D eigenvalue weighted by molar-refractivity contribution is -0.160. The number of phosphoric acid groups is 1. The number of anilines is 2. The Bertz CT molecular complexity index is 2050. The van der Waals surface area contributed by atoms with Gasteiger partial charge in [-0.15, -0.1) is 6.58 Å². The first-order chi connectivity index (χ1) is 26.4. The van der Waals surface area contributed by atoms with E-state index in [9.17, 15) is 48.4 Å². The Balaban J connectivity index is 1.42. The number of hydrogen-bond donors (Lipinski definition) is 7. The van der Waals surface area contributed by atoms with Crippen molar-refractivity contribution in [2.75, 3.05) is 37.8 Å². The molecule has 1 unspecified atom stereocenters. The topological polar surface area (TPSA) is 349 Å². The molecule has 0 aliphatic carbocycles. The number of nitrogens with zero attached hydrogens (tertiary/aromatic N) is 7. The maximum atomic E-state index is 14.0. The van der Waals surface area contributed by atoms with E-state index in [0.29, 0.717) is 19.3 Å². The van der Waals surface area contributed by atoms with E-state index in [2.05, 4.69) is 31.0 Å². The molecule has 2 fully saturated rings. The smallest absolute Gasteiger partial charge is 0.455 e. The number of unbranched alkanes of at least 4 members (excludes halogenated alkanes) is 1. The van der Waals surface area contributed by atoms with Crippen molar-refractivity contribution < 1.29 is 66.9 Å². The molecule has 3 aromatic heterocycles. The van der Waals surface area contributed by atoms with Crippen molar-refractivity contribution in [1.82, 2.24) is 34.0 Å². The Morgan fingerprint density at radius 3 is 2.41 bits per heavy atom. The van der Waals surface area contributed by atoms with Gasteiger partial charge in [0, 0.05) is 19.2 Å². The van der Waals surface area contributed by atoms with Crippen LogP contribution in [0.3, 0.4) is 0 Å². The van der Waals surface area contributed by atoms with Gasteiger partial charge >= 0.3 is 27.1 Å². The molecule has 26 heteroatoms. The highest BCUT2D eigenvalue weighted by Gasteiger charge is 2.56. The van der Waals surface area contributed by atoms with Gasteiger partial charge in [0.15, 0.2) is 30.0 Å². The van der Waals surface area contributed by atoms with Crippen molar-refractivity contribution in [1.29, 1.82) is 0 Å². The molecule has 3 aromatic rings. The van der Waals surface area contributed by atoms with Gasteiger partial charge in [-0.25, -0.2) is 24.3 Å². The SMILES string of the molecule is C=CCCC(=O)N(CCCC)CC(=O)O[C@H]1[C@@H](O)[C@H](n2cnc3c(N)ncnc32)O[C@@H]1COP(=O)(O)[C@H]1[C@@H](O)[C@H](n2ccc(N)nc2=O)O[C@@H]1COP(=O)(O)O. The van der Waals surface area contributed by atoms with Gasteiger partial charge in [0.2, 0.25) is 5.91 Å². The first-order valence-corrected chi connectivity index (χ1v) is 20.3. The maximum Gasteiger partial charge on any atom is 0.469 e. The summed E-state index contributed by atoms with van der Waals surface area (Å²) in [6, 6.07) is 1.17. The molecule has 5 heterocycles. The molecular formula is C30H43N9O15P2. The highest BCUT2D eigenvalue weighted by Crippen LogP contribution is 2.56. The van der Waals surface area contributed by atoms with E-state index in [-0.39, 0.29) is 41.7 Å². The fourth-order valence-electron chi connectivity index (χ4n) is 6.21. The zero-order valence-corrected chi connectivity index (χ0v) is 31.7. The summed E-state index contributed by atoms with van der Waals surface area (Å²) in [6.45, 7) is 3.27. The number of ether oxygens (including phenoxy) is 3. The van der Waals surface area contributed by atoms with E-state index >= 15 is 0 Å². The van der Waals surface area contributed by atoms with Crippen LogP contribution in [-0.2, 0) is 42.0 Å². The highest BCUT2D eigenvalue weighted by atomic mass is 31.2. The van der Waals surface area contributed by atoms with Crippen molar-refractivity contribution in [3.8, 4) is 0 Å². The molecule has 1 amide bonds. The largest absolute Gasteiger partial charge is 0.469 e. The Hall–Kier alpha value is -4.19.